The highest BCUT2D eigenvalue weighted by molar-refractivity contribution is 7.32. The molecule has 0 radical (unpaired) electrons. The van der Waals surface area contributed by atoms with Gasteiger partial charge >= 0.3 is 14.3 Å². The Morgan fingerprint density at radius 1 is 1.38 bits per heavy atom. The fraction of sp³-hybridized carbons (Fsp3) is 0.389. The SMILES string of the molecule is Cc1ncsc1-c1ccc([C@H](C)NC(=O)C2CC(O[P+](=O)O)CN2C(=O)O)cc1. The highest BCUT2D eigenvalue weighted by Crippen LogP contribution is 2.30. The number of aryl methyl sites for hydroxylation is 1. The van der Waals surface area contributed by atoms with E-state index in [0.29, 0.717) is 0 Å². The predicted octanol–water partition coefficient (Wildman–Crippen LogP) is 3.08. The molecule has 1 aliphatic rings. The molecule has 2 amide bonds. The van der Waals surface area contributed by atoms with E-state index in [4.69, 9.17) is 9.42 Å². The second-order valence-electron chi connectivity index (χ2n) is 6.77. The molecule has 11 heteroatoms. The Balaban J connectivity index is 1.67. The van der Waals surface area contributed by atoms with E-state index >= 15 is 0 Å². The summed E-state index contributed by atoms with van der Waals surface area (Å²) in [7, 11) is -2.87. The Labute approximate surface area is 172 Å². The van der Waals surface area contributed by atoms with Crippen molar-refractivity contribution in [1.29, 1.82) is 0 Å². The van der Waals surface area contributed by atoms with E-state index in [2.05, 4.69) is 10.3 Å². The summed E-state index contributed by atoms with van der Waals surface area (Å²) in [5, 5.41) is 12.1. The molecule has 1 aliphatic heterocycles. The summed E-state index contributed by atoms with van der Waals surface area (Å²) < 4.78 is 15.7. The molecule has 1 aromatic carbocycles. The number of thiazole rings is 1. The van der Waals surface area contributed by atoms with Crippen LogP contribution in [-0.2, 0) is 13.9 Å². The summed E-state index contributed by atoms with van der Waals surface area (Å²) >= 11 is 1.56. The maximum atomic E-state index is 12.7. The second-order valence-corrected chi connectivity index (χ2v) is 8.31. The van der Waals surface area contributed by atoms with E-state index in [-0.39, 0.29) is 19.0 Å². The highest BCUT2D eigenvalue weighted by atomic mass is 32.1. The first-order valence-electron chi connectivity index (χ1n) is 8.89. The fourth-order valence-corrected chi connectivity index (χ4v) is 4.58. The molecule has 29 heavy (non-hydrogen) atoms. The fourth-order valence-electron chi connectivity index (χ4n) is 3.36. The average molecular weight is 438 g/mol. The number of amides is 2. The van der Waals surface area contributed by atoms with Crippen LogP contribution in [0.4, 0.5) is 4.79 Å². The Morgan fingerprint density at radius 3 is 2.62 bits per heavy atom. The van der Waals surface area contributed by atoms with Crippen LogP contribution in [0.1, 0.15) is 30.6 Å². The van der Waals surface area contributed by atoms with Gasteiger partial charge in [-0.05, 0) is 25.0 Å². The lowest BCUT2D eigenvalue weighted by atomic mass is 10.0. The van der Waals surface area contributed by atoms with Crippen molar-refractivity contribution in [2.24, 2.45) is 0 Å². The smallest absolute Gasteiger partial charge is 0.465 e. The van der Waals surface area contributed by atoms with Gasteiger partial charge in [-0.15, -0.1) is 20.8 Å². The summed E-state index contributed by atoms with van der Waals surface area (Å²) in [6, 6.07) is 6.41. The van der Waals surface area contributed by atoms with Crippen LogP contribution in [0, 0.1) is 6.92 Å². The van der Waals surface area contributed by atoms with Crippen LogP contribution in [0.25, 0.3) is 10.4 Å². The van der Waals surface area contributed by atoms with Crippen LogP contribution >= 0.6 is 19.6 Å². The zero-order chi connectivity index (χ0) is 21.1. The number of rotatable bonds is 6. The largest absolute Gasteiger partial charge is 0.695 e. The molecule has 0 spiro atoms. The van der Waals surface area contributed by atoms with Crippen molar-refractivity contribution in [2.45, 2.75) is 38.5 Å². The number of carbonyl (C=O) groups is 2. The van der Waals surface area contributed by atoms with Crippen LogP contribution in [0.2, 0.25) is 0 Å². The van der Waals surface area contributed by atoms with Gasteiger partial charge in [0.15, 0.2) is 0 Å². The Hall–Kier alpha value is -2.39. The zero-order valence-corrected chi connectivity index (χ0v) is 17.5. The third-order valence-corrected chi connectivity index (χ3v) is 6.28. The minimum Gasteiger partial charge on any atom is -0.465 e. The summed E-state index contributed by atoms with van der Waals surface area (Å²) in [5.74, 6) is -0.471. The van der Waals surface area contributed by atoms with E-state index in [9.17, 15) is 19.3 Å². The van der Waals surface area contributed by atoms with Crippen molar-refractivity contribution in [3.05, 3.63) is 41.0 Å². The molecule has 3 rings (SSSR count). The monoisotopic (exact) mass is 438 g/mol. The van der Waals surface area contributed by atoms with Crippen molar-refractivity contribution in [1.82, 2.24) is 15.2 Å². The predicted molar refractivity (Wildman–Crippen MR) is 107 cm³/mol. The number of carboxylic acid groups (broad SMARTS) is 1. The molecule has 154 valence electrons. The summed E-state index contributed by atoms with van der Waals surface area (Å²) in [6.07, 6.45) is -2.05. The van der Waals surface area contributed by atoms with Gasteiger partial charge in [-0.2, -0.15) is 0 Å². The minimum atomic E-state index is -2.87. The van der Waals surface area contributed by atoms with E-state index in [1.54, 1.807) is 16.8 Å². The summed E-state index contributed by atoms with van der Waals surface area (Å²) in [5.41, 5.74) is 4.66. The molecule has 0 saturated carbocycles. The molecule has 9 nitrogen and oxygen atoms in total. The van der Waals surface area contributed by atoms with Crippen molar-refractivity contribution in [3.8, 4) is 10.4 Å². The average Bonchev–Trinajstić information content (AvgIpc) is 3.27. The van der Waals surface area contributed by atoms with Gasteiger partial charge in [0.1, 0.15) is 12.1 Å². The van der Waals surface area contributed by atoms with Gasteiger partial charge in [0.05, 0.1) is 28.7 Å². The maximum Gasteiger partial charge on any atom is 0.695 e. The molecular formula is C18H21N3O6PS+. The van der Waals surface area contributed by atoms with E-state index in [1.165, 1.54) is 0 Å². The molecule has 3 N–H and O–H groups in total. The first-order chi connectivity index (χ1) is 13.8. The molecule has 1 fully saturated rings. The van der Waals surface area contributed by atoms with Crippen LogP contribution in [0.3, 0.4) is 0 Å². The third-order valence-electron chi connectivity index (χ3n) is 4.83. The Kier molecular flexibility index (Phi) is 6.59. The quantitative estimate of drug-likeness (QED) is 0.591. The topological polar surface area (TPSA) is 129 Å². The first-order valence-corrected chi connectivity index (χ1v) is 10.9. The van der Waals surface area contributed by atoms with E-state index in [1.807, 2.05) is 38.1 Å². The van der Waals surface area contributed by atoms with Crippen molar-refractivity contribution in [3.63, 3.8) is 0 Å². The van der Waals surface area contributed by atoms with Crippen LogP contribution < -0.4 is 5.32 Å². The standard InChI is InChI=1S/C18H20N3O6PS/c1-10(12-3-5-13(6-4-12)16-11(2)19-9-29-16)20-17(22)15-7-14(27-28(25)26)8-21(15)18(23)24/h3-6,9-10,14-15H,7-8H2,1-2H3,(H2-,20,22,23,24,25,26)/p+1/t10-,14?,15?/m0/s1. The molecule has 0 bridgehead atoms. The normalized spacial score (nSPS) is 20.4. The van der Waals surface area contributed by atoms with Crippen LogP contribution in [-0.4, -0.2) is 50.6 Å². The number of hydrogen-bond acceptors (Lipinski definition) is 6. The minimum absolute atomic E-state index is 0.0239. The van der Waals surface area contributed by atoms with Gasteiger partial charge in [-0.1, -0.05) is 24.3 Å². The van der Waals surface area contributed by atoms with Crippen LogP contribution in [0.5, 0.6) is 0 Å². The molecule has 0 aliphatic carbocycles. The van der Waals surface area contributed by atoms with Crippen LogP contribution in [0.15, 0.2) is 29.8 Å². The number of aromatic nitrogens is 1. The Bertz CT molecular complexity index is 919. The van der Waals surface area contributed by atoms with E-state index < -0.39 is 32.4 Å². The number of carbonyl (C=O) groups excluding carboxylic acids is 1. The molecule has 1 saturated heterocycles. The molecule has 3 unspecified atom stereocenters. The highest BCUT2D eigenvalue weighted by Gasteiger charge is 2.43. The summed E-state index contributed by atoms with van der Waals surface area (Å²) in [6.45, 7) is 3.62. The first kappa shape index (κ1) is 21.3. The third kappa shape index (κ3) is 4.97. The summed E-state index contributed by atoms with van der Waals surface area (Å²) in [4.78, 5) is 39.2. The van der Waals surface area contributed by atoms with Gasteiger partial charge in [0.25, 0.3) is 0 Å². The zero-order valence-electron chi connectivity index (χ0n) is 15.8. The number of nitrogens with zero attached hydrogens (tertiary/aromatic N) is 2. The molecule has 4 atom stereocenters. The lowest BCUT2D eigenvalue weighted by Crippen LogP contribution is -2.46. The van der Waals surface area contributed by atoms with Gasteiger partial charge < -0.3 is 10.4 Å². The van der Waals surface area contributed by atoms with Crippen molar-refractivity contribution < 1.29 is 28.7 Å². The van der Waals surface area contributed by atoms with Crippen molar-refractivity contribution >= 4 is 31.6 Å². The number of hydrogen-bond donors (Lipinski definition) is 3. The van der Waals surface area contributed by atoms with Gasteiger partial charge in [0.2, 0.25) is 5.91 Å². The van der Waals surface area contributed by atoms with Gasteiger partial charge in [0, 0.05) is 11.0 Å². The molecule has 2 aromatic rings. The lowest BCUT2D eigenvalue weighted by Gasteiger charge is -2.23. The van der Waals surface area contributed by atoms with Gasteiger partial charge in [-0.3, -0.25) is 9.69 Å². The Morgan fingerprint density at radius 2 is 2.07 bits per heavy atom. The maximum absolute atomic E-state index is 12.7. The molecular weight excluding hydrogens is 417 g/mol. The number of likely N-dealkylation sites (tertiary alicyclic amines) is 1. The number of benzene rings is 1. The number of nitrogens with one attached hydrogen (secondary N) is 1. The molecule has 1 aromatic heterocycles. The second kappa shape index (κ2) is 8.96. The van der Waals surface area contributed by atoms with Crippen molar-refractivity contribution in [2.75, 3.05) is 6.54 Å². The lowest BCUT2D eigenvalue weighted by molar-refractivity contribution is -0.125. The van der Waals surface area contributed by atoms with Gasteiger partial charge in [-0.25, -0.2) is 9.78 Å². The van der Waals surface area contributed by atoms with E-state index in [0.717, 1.165) is 26.6 Å². The molecule has 2 heterocycles.